The van der Waals surface area contributed by atoms with Crippen molar-refractivity contribution < 1.29 is 24.0 Å². The van der Waals surface area contributed by atoms with Crippen LogP contribution in [0.2, 0.25) is 0 Å². The van der Waals surface area contributed by atoms with Crippen LogP contribution in [-0.2, 0) is 14.3 Å². The van der Waals surface area contributed by atoms with E-state index in [1.165, 1.54) is 4.90 Å². The van der Waals surface area contributed by atoms with E-state index in [0.717, 1.165) is 5.56 Å². The van der Waals surface area contributed by atoms with E-state index in [2.05, 4.69) is 5.16 Å². The number of morpholine rings is 1. The maximum atomic E-state index is 12.6. The quantitative estimate of drug-likeness (QED) is 0.877. The number of nitrogens with zero attached hydrogens (tertiary/aromatic N) is 2. The molecule has 1 aliphatic heterocycles. The number of carbonyl (C=O) groups is 2. The first-order valence-electron chi connectivity index (χ1n) is 6.47. The monoisotopic (exact) mass is 282 g/mol. The molecule has 1 saturated heterocycles. The highest BCUT2D eigenvalue weighted by Gasteiger charge is 2.36. The van der Waals surface area contributed by atoms with Crippen molar-refractivity contribution >= 4 is 11.9 Å². The molecular weight excluding hydrogens is 264 g/mol. The summed E-state index contributed by atoms with van der Waals surface area (Å²) in [4.78, 5) is 25.1. The predicted molar refractivity (Wildman–Crippen MR) is 68.3 cm³/mol. The fourth-order valence-electron chi connectivity index (χ4n) is 2.55. The van der Waals surface area contributed by atoms with E-state index in [1.807, 2.05) is 0 Å². The minimum absolute atomic E-state index is 0.0232. The molecule has 2 rings (SSSR count). The maximum absolute atomic E-state index is 12.6. The molecule has 20 heavy (non-hydrogen) atoms. The highest BCUT2D eigenvalue weighted by molar-refractivity contribution is 5.88. The van der Waals surface area contributed by atoms with Crippen LogP contribution >= 0.6 is 0 Å². The Morgan fingerprint density at radius 1 is 1.45 bits per heavy atom. The number of carboxylic acid groups (broad SMARTS) is 1. The molecule has 2 heterocycles. The summed E-state index contributed by atoms with van der Waals surface area (Å²) in [5.41, 5.74) is 1.38. The highest BCUT2D eigenvalue weighted by Crippen LogP contribution is 2.26. The lowest BCUT2D eigenvalue weighted by molar-refractivity contribution is -0.158. The number of rotatable bonds is 3. The number of ether oxygens (including phenoxy) is 1. The second-order valence-corrected chi connectivity index (χ2v) is 4.92. The van der Waals surface area contributed by atoms with Crippen LogP contribution in [0.3, 0.4) is 0 Å². The first-order chi connectivity index (χ1) is 9.43. The summed E-state index contributed by atoms with van der Waals surface area (Å²) >= 11 is 0. The summed E-state index contributed by atoms with van der Waals surface area (Å²) in [6.07, 6.45) is 0. The topological polar surface area (TPSA) is 92.9 Å². The normalized spacial score (nSPS) is 20.8. The summed E-state index contributed by atoms with van der Waals surface area (Å²) in [7, 11) is 0. The van der Waals surface area contributed by atoms with Gasteiger partial charge in [0, 0.05) is 12.1 Å². The van der Waals surface area contributed by atoms with E-state index in [-0.39, 0.29) is 19.1 Å². The molecule has 0 aliphatic carbocycles. The van der Waals surface area contributed by atoms with Crippen LogP contribution in [0.25, 0.3) is 0 Å². The van der Waals surface area contributed by atoms with E-state index >= 15 is 0 Å². The maximum Gasteiger partial charge on any atom is 0.328 e. The molecule has 1 N–H and O–H groups in total. The first-order valence-corrected chi connectivity index (χ1v) is 6.47. The Morgan fingerprint density at radius 3 is 2.70 bits per heavy atom. The Kier molecular flexibility index (Phi) is 4.08. The van der Waals surface area contributed by atoms with Crippen LogP contribution in [0.1, 0.15) is 29.9 Å². The van der Waals surface area contributed by atoms with Gasteiger partial charge < -0.3 is 19.3 Å². The van der Waals surface area contributed by atoms with Gasteiger partial charge in [-0.2, -0.15) is 0 Å². The molecule has 7 heteroatoms. The molecule has 1 aliphatic rings. The molecule has 0 spiro atoms. The Hall–Kier alpha value is -1.89. The lowest BCUT2D eigenvalue weighted by atomic mass is 9.97. The van der Waals surface area contributed by atoms with Crippen molar-refractivity contribution in [2.24, 2.45) is 0 Å². The van der Waals surface area contributed by atoms with Crippen LogP contribution < -0.4 is 0 Å². The van der Waals surface area contributed by atoms with Crippen LogP contribution in [-0.4, -0.2) is 52.8 Å². The summed E-state index contributed by atoms with van der Waals surface area (Å²) < 4.78 is 10.2. The van der Waals surface area contributed by atoms with Crippen LogP contribution in [0.15, 0.2) is 4.52 Å². The van der Waals surface area contributed by atoms with Crippen molar-refractivity contribution in [2.45, 2.75) is 32.7 Å². The van der Waals surface area contributed by atoms with Crippen LogP contribution in [0.5, 0.6) is 0 Å². The molecular formula is C13H18N2O5. The predicted octanol–water partition coefficient (Wildman–Crippen LogP) is 0.707. The largest absolute Gasteiger partial charge is 0.480 e. The fraction of sp³-hybridized carbons (Fsp3) is 0.615. The number of amides is 1. The number of hydrogen-bond donors (Lipinski definition) is 1. The van der Waals surface area contributed by atoms with Gasteiger partial charge in [-0.1, -0.05) is 5.16 Å². The van der Waals surface area contributed by atoms with Gasteiger partial charge in [0.05, 0.1) is 24.8 Å². The average Bonchev–Trinajstić information content (AvgIpc) is 2.76. The molecule has 2 atom stereocenters. The molecule has 1 aromatic rings. The van der Waals surface area contributed by atoms with Gasteiger partial charge in [0.2, 0.25) is 5.91 Å². The SMILES string of the molecule is Cc1noc(C)c1[C@H](C)C(=O)N1CCOC[C@@H]1C(=O)O. The average molecular weight is 282 g/mol. The third-order valence-electron chi connectivity index (χ3n) is 3.59. The second kappa shape index (κ2) is 5.62. The molecule has 110 valence electrons. The fourth-order valence-corrected chi connectivity index (χ4v) is 2.55. The van der Waals surface area contributed by atoms with E-state index in [9.17, 15) is 14.7 Å². The van der Waals surface area contributed by atoms with Crippen molar-refractivity contribution in [3.05, 3.63) is 17.0 Å². The Morgan fingerprint density at radius 2 is 2.15 bits per heavy atom. The van der Waals surface area contributed by atoms with Gasteiger partial charge in [-0.15, -0.1) is 0 Å². The van der Waals surface area contributed by atoms with E-state index in [1.54, 1.807) is 20.8 Å². The number of carbonyl (C=O) groups excluding carboxylic acids is 1. The molecule has 1 aromatic heterocycles. The number of aliphatic carboxylic acids is 1. The number of aryl methyl sites for hydroxylation is 2. The third-order valence-corrected chi connectivity index (χ3v) is 3.59. The van der Waals surface area contributed by atoms with Crippen LogP contribution in [0.4, 0.5) is 0 Å². The zero-order chi connectivity index (χ0) is 14.9. The van der Waals surface area contributed by atoms with Crippen molar-refractivity contribution in [3.63, 3.8) is 0 Å². The second-order valence-electron chi connectivity index (χ2n) is 4.92. The van der Waals surface area contributed by atoms with E-state index in [0.29, 0.717) is 18.1 Å². The number of aromatic nitrogens is 1. The van der Waals surface area contributed by atoms with E-state index < -0.39 is 17.9 Å². The Labute approximate surface area is 116 Å². The summed E-state index contributed by atoms with van der Waals surface area (Å²) in [6.45, 7) is 5.91. The van der Waals surface area contributed by atoms with Gasteiger partial charge in [-0.25, -0.2) is 4.79 Å². The standard InChI is InChI=1S/C13H18N2O5/c1-7(11-8(2)14-20-9(11)3)12(16)15-4-5-19-6-10(15)13(17)18/h7,10H,4-6H2,1-3H3,(H,17,18)/t7-,10+/m0/s1. The van der Waals surface area contributed by atoms with Gasteiger partial charge in [-0.3, -0.25) is 4.79 Å². The molecule has 0 radical (unpaired) electrons. The molecule has 0 aromatic carbocycles. The number of carboxylic acids is 1. The Bertz CT molecular complexity index is 505. The first kappa shape index (κ1) is 14.5. The van der Waals surface area contributed by atoms with Crippen molar-refractivity contribution in [2.75, 3.05) is 19.8 Å². The smallest absolute Gasteiger partial charge is 0.328 e. The van der Waals surface area contributed by atoms with Gasteiger partial charge >= 0.3 is 5.97 Å². The lowest BCUT2D eigenvalue weighted by Gasteiger charge is -2.34. The van der Waals surface area contributed by atoms with Gasteiger partial charge in [0.1, 0.15) is 5.76 Å². The van der Waals surface area contributed by atoms with Crippen molar-refractivity contribution in [1.29, 1.82) is 0 Å². The van der Waals surface area contributed by atoms with E-state index in [4.69, 9.17) is 9.26 Å². The molecule has 1 fully saturated rings. The van der Waals surface area contributed by atoms with Crippen LogP contribution in [0, 0.1) is 13.8 Å². The van der Waals surface area contributed by atoms with Crippen molar-refractivity contribution in [3.8, 4) is 0 Å². The zero-order valence-corrected chi connectivity index (χ0v) is 11.8. The molecule has 0 unspecified atom stereocenters. The molecule has 1 amide bonds. The molecule has 0 saturated carbocycles. The minimum Gasteiger partial charge on any atom is -0.480 e. The van der Waals surface area contributed by atoms with Crippen molar-refractivity contribution in [1.82, 2.24) is 10.1 Å². The highest BCUT2D eigenvalue weighted by atomic mass is 16.5. The summed E-state index contributed by atoms with van der Waals surface area (Å²) in [6, 6.07) is -0.931. The summed E-state index contributed by atoms with van der Waals surface area (Å²) in [5.74, 6) is -1.19. The Balaban J connectivity index is 2.23. The third kappa shape index (κ3) is 2.53. The lowest BCUT2D eigenvalue weighted by Crippen LogP contribution is -2.53. The van der Waals surface area contributed by atoms with Gasteiger partial charge in [0.25, 0.3) is 0 Å². The van der Waals surface area contributed by atoms with Gasteiger partial charge in [-0.05, 0) is 20.8 Å². The minimum atomic E-state index is -1.05. The summed E-state index contributed by atoms with van der Waals surface area (Å²) in [5, 5.41) is 13.0. The van der Waals surface area contributed by atoms with Gasteiger partial charge in [0.15, 0.2) is 6.04 Å². The number of hydrogen-bond acceptors (Lipinski definition) is 5. The molecule has 0 bridgehead atoms. The molecule has 7 nitrogen and oxygen atoms in total. The zero-order valence-electron chi connectivity index (χ0n) is 11.8.